The van der Waals surface area contributed by atoms with Crippen molar-refractivity contribution in [2.45, 2.75) is 30.7 Å². The molecule has 1 N–H and O–H groups in total. The Labute approximate surface area is 191 Å². The van der Waals surface area contributed by atoms with Gasteiger partial charge in [-0.1, -0.05) is 51.3 Å². The van der Waals surface area contributed by atoms with Crippen LogP contribution >= 0.6 is 51.3 Å². The summed E-state index contributed by atoms with van der Waals surface area (Å²) in [4.78, 5) is 28.3. The van der Waals surface area contributed by atoms with E-state index >= 15 is 0 Å². The van der Waals surface area contributed by atoms with Crippen LogP contribution in [0.3, 0.4) is 0 Å². The highest BCUT2D eigenvalue weighted by molar-refractivity contribution is 9.10. The molecule has 1 aliphatic heterocycles. The largest absolute Gasteiger partial charge is 0.465 e. The highest BCUT2D eigenvalue weighted by Gasteiger charge is 2.64. The molecule has 2 atom stereocenters. The number of rotatable bonds is 2. The van der Waals surface area contributed by atoms with Gasteiger partial charge in [-0.05, 0) is 67.4 Å². The Hall–Kier alpha value is -1.67. The minimum absolute atomic E-state index is 0.0788. The molecule has 0 radical (unpaired) electrons. The zero-order chi connectivity index (χ0) is 20.9. The van der Waals surface area contributed by atoms with Gasteiger partial charge in [0.15, 0.2) is 5.11 Å². The van der Waals surface area contributed by atoms with Gasteiger partial charge >= 0.3 is 6.09 Å². The normalized spacial score (nSPS) is 24.0. The van der Waals surface area contributed by atoms with Crippen LogP contribution in [0.25, 0.3) is 0 Å². The Morgan fingerprint density at radius 1 is 1.17 bits per heavy atom. The van der Waals surface area contributed by atoms with E-state index in [4.69, 9.17) is 35.4 Å². The Morgan fingerprint density at radius 2 is 1.79 bits per heavy atom. The lowest BCUT2D eigenvalue weighted by atomic mass is 9.80. The molecule has 29 heavy (non-hydrogen) atoms. The molecule has 1 saturated carbocycles. The Balaban J connectivity index is 1.87. The van der Waals surface area contributed by atoms with E-state index in [1.54, 1.807) is 18.2 Å². The first-order valence-electron chi connectivity index (χ1n) is 8.89. The van der Waals surface area contributed by atoms with Gasteiger partial charge in [0.2, 0.25) is 0 Å². The van der Waals surface area contributed by atoms with Gasteiger partial charge in [0.05, 0.1) is 5.69 Å². The summed E-state index contributed by atoms with van der Waals surface area (Å²) in [5.74, 6) is -0.676. The van der Waals surface area contributed by atoms with Crippen LogP contribution in [0.1, 0.15) is 30.7 Å². The Morgan fingerprint density at radius 3 is 2.38 bits per heavy atom. The van der Waals surface area contributed by atoms with Gasteiger partial charge in [-0.15, -0.1) is 0 Å². The average molecular weight is 514 g/mol. The molecule has 150 valence electrons. The topological polar surface area (TPSA) is 60.9 Å². The van der Waals surface area contributed by atoms with Crippen molar-refractivity contribution in [1.82, 2.24) is 4.90 Å². The van der Waals surface area contributed by atoms with Crippen LogP contribution in [0.5, 0.6) is 0 Å². The second-order valence-corrected chi connectivity index (χ2v) is 9.24. The first kappa shape index (κ1) is 20.6. The number of carbonyl (C=O) groups is 2. The molecule has 5 nitrogen and oxygen atoms in total. The molecule has 0 aromatic heterocycles. The first-order valence-corrected chi connectivity index (χ1v) is 10.8. The van der Waals surface area contributed by atoms with E-state index in [1.165, 1.54) is 4.90 Å². The molecular weight excluding hydrogens is 499 g/mol. The van der Waals surface area contributed by atoms with Gasteiger partial charge in [0, 0.05) is 20.4 Å². The number of amides is 2. The molecule has 1 saturated heterocycles. The molecule has 1 spiro atoms. The highest BCUT2D eigenvalue weighted by Crippen LogP contribution is 2.52. The number of carbonyl (C=O) groups excluding carboxylic acids is 1. The fraction of sp³-hybridized carbons (Fsp3) is 0.250. The maximum Gasteiger partial charge on any atom is 0.414 e. The lowest BCUT2D eigenvalue weighted by molar-refractivity contribution is -0.124. The Kier molecular flexibility index (Phi) is 5.36. The lowest BCUT2D eigenvalue weighted by Crippen LogP contribution is -2.53. The van der Waals surface area contributed by atoms with Gasteiger partial charge in [-0.25, -0.2) is 9.69 Å². The molecule has 2 aliphatic rings. The van der Waals surface area contributed by atoms with Crippen LogP contribution in [0.4, 0.5) is 10.5 Å². The molecule has 2 aromatic carbocycles. The van der Waals surface area contributed by atoms with Crippen LogP contribution in [0, 0.1) is 0 Å². The fourth-order valence-electron chi connectivity index (χ4n) is 4.45. The molecule has 2 unspecified atom stereocenters. The standard InChI is InChI=1S/C20H15BrCl2N2O3S/c21-12-5-3-11(4-6-12)16-2-1-7-20(16)17(26)24(18(29)25(20)19(27)28)15-9-13(22)8-14(23)10-15/h3-6,8-10,16H,1-2,7H2,(H,27,28). The van der Waals surface area contributed by atoms with E-state index in [2.05, 4.69) is 15.9 Å². The van der Waals surface area contributed by atoms with Crippen molar-refractivity contribution in [3.05, 3.63) is 62.5 Å². The molecule has 1 aliphatic carbocycles. The van der Waals surface area contributed by atoms with Crippen molar-refractivity contribution in [3.63, 3.8) is 0 Å². The molecule has 0 bridgehead atoms. The number of anilines is 1. The summed E-state index contributed by atoms with van der Waals surface area (Å²) in [6, 6.07) is 12.3. The second-order valence-electron chi connectivity index (χ2n) is 7.09. The molecular formula is C20H15BrCl2N2O3S. The SMILES string of the molecule is O=C(O)N1C(=S)N(c2cc(Cl)cc(Cl)c2)C(=O)C12CCCC2c1ccc(Br)cc1. The molecule has 4 rings (SSSR count). The van der Waals surface area contributed by atoms with Crippen molar-refractivity contribution >= 4 is 74.1 Å². The summed E-state index contributed by atoms with van der Waals surface area (Å²) < 4.78 is 0.909. The average Bonchev–Trinajstić information content (AvgIpc) is 3.15. The van der Waals surface area contributed by atoms with Crippen molar-refractivity contribution < 1.29 is 14.7 Å². The summed E-state index contributed by atoms with van der Waals surface area (Å²) in [7, 11) is 0. The van der Waals surface area contributed by atoms with Gasteiger partial charge < -0.3 is 5.11 Å². The van der Waals surface area contributed by atoms with Gasteiger partial charge in [0.25, 0.3) is 5.91 Å². The molecule has 2 amide bonds. The van der Waals surface area contributed by atoms with E-state index in [0.717, 1.165) is 14.9 Å². The van der Waals surface area contributed by atoms with Crippen molar-refractivity contribution in [1.29, 1.82) is 0 Å². The Bertz CT molecular complexity index is 1010. The van der Waals surface area contributed by atoms with Crippen LogP contribution in [0.15, 0.2) is 46.9 Å². The summed E-state index contributed by atoms with van der Waals surface area (Å²) in [6.45, 7) is 0. The molecule has 1 heterocycles. The second kappa shape index (κ2) is 7.54. The van der Waals surface area contributed by atoms with Gasteiger partial charge in [0.1, 0.15) is 5.54 Å². The zero-order valence-corrected chi connectivity index (χ0v) is 18.9. The maximum absolute atomic E-state index is 13.8. The molecule has 2 fully saturated rings. The van der Waals surface area contributed by atoms with Crippen molar-refractivity contribution in [2.75, 3.05) is 4.90 Å². The van der Waals surface area contributed by atoms with E-state index in [1.807, 2.05) is 24.3 Å². The monoisotopic (exact) mass is 512 g/mol. The van der Waals surface area contributed by atoms with Crippen LogP contribution in [-0.2, 0) is 4.79 Å². The van der Waals surface area contributed by atoms with E-state index in [-0.39, 0.29) is 16.9 Å². The lowest BCUT2D eigenvalue weighted by Gasteiger charge is -2.34. The molecule has 2 aromatic rings. The van der Waals surface area contributed by atoms with Gasteiger partial charge in [-0.3, -0.25) is 9.69 Å². The number of halogens is 3. The fourth-order valence-corrected chi connectivity index (χ4v) is 5.65. The number of benzene rings is 2. The highest BCUT2D eigenvalue weighted by atomic mass is 79.9. The summed E-state index contributed by atoms with van der Waals surface area (Å²) in [6.07, 6.45) is 0.541. The third kappa shape index (κ3) is 3.24. The van der Waals surface area contributed by atoms with Crippen molar-refractivity contribution in [2.24, 2.45) is 0 Å². The number of nitrogens with zero attached hydrogens (tertiary/aromatic N) is 2. The number of hydrogen-bond acceptors (Lipinski definition) is 3. The predicted molar refractivity (Wildman–Crippen MR) is 120 cm³/mol. The maximum atomic E-state index is 13.8. The number of hydrogen-bond donors (Lipinski definition) is 1. The minimum atomic E-state index is -1.29. The number of carboxylic acid groups (broad SMARTS) is 1. The van der Waals surface area contributed by atoms with Crippen LogP contribution in [0.2, 0.25) is 10.0 Å². The van der Waals surface area contributed by atoms with Crippen LogP contribution in [-0.4, -0.2) is 32.7 Å². The first-order chi connectivity index (χ1) is 13.8. The zero-order valence-electron chi connectivity index (χ0n) is 14.9. The van der Waals surface area contributed by atoms with E-state index < -0.39 is 11.6 Å². The van der Waals surface area contributed by atoms with Crippen LogP contribution < -0.4 is 4.90 Å². The van der Waals surface area contributed by atoms with E-state index in [9.17, 15) is 14.7 Å². The quantitative estimate of drug-likeness (QED) is 0.495. The van der Waals surface area contributed by atoms with E-state index in [0.29, 0.717) is 35.0 Å². The third-order valence-corrected chi connectivity index (χ3v) is 6.88. The summed E-state index contributed by atoms with van der Waals surface area (Å²) in [5.41, 5.74) is -0.0212. The predicted octanol–water partition coefficient (Wildman–Crippen LogP) is 6.07. The number of thiocarbonyl (C=S) groups is 1. The summed E-state index contributed by atoms with van der Waals surface area (Å²) in [5, 5.41) is 10.6. The third-order valence-electron chi connectivity index (χ3n) is 5.55. The van der Waals surface area contributed by atoms with Gasteiger partial charge in [-0.2, -0.15) is 0 Å². The van der Waals surface area contributed by atoms with Crippen molar-refractivity contribution in [3.8, 4) is 0 Å². The summed E-state index contributed by atoms with van der Waals surface area (Å²) >= 11 is 21.1. The molecule has 9 heteroatoms. The minimum Gasteiger partial charge on any atom is -0.465 e. The smallest absolute Gasteiger partial charge is 0.414 e.